The highest BCUT2D eigenvalue weighted by Crippen LogP contribution is 2.40. The molecule has 1 aromatic rings. The molecule has 0 bridgehead atoms. The van der Waals surface area contributed by atoms with Crippen LogP contribution in [0.25, 0.3) is 0 Å². The SMILES string of the molecule is O=S1(=O)c2ccccc2S(=O)(=O)C2C=C(Br)C=CC21. The lowest BCUT2D eigenvalue weighted by Crippen LogP contribution is -2.43. The Bertz CT molecular complexity index is 819. The Morgan fingerprint density at radius 3 is 2.00 bits per heavy atom. The molecule has 7 heteroatoms. The zero-order valence-electron chi connectivity index (χ0n) is 9.52. The van der Waals surface area contributed by atoms with Gasteiger partial charge in [0.15, 0.2) is 19.7 Å². The summed E-state index contributed by atoms with van der Waals surface area (Å²) in [5, 5.41) is -2.11. The first kappa shape index (κ1) is 13.1. The van der Waals surface area contributed by atoms with E-state index in [1.165, 1.54) is 36.4 Å². The zero-order chi connectivity index (χ0) is 13.8. The molecule has 3 rings (SSSR count). The van der Waals surface area contributed by atoms with Crippen LogP contribution in [0.15, 0.2) is 56.8 Å². The molecule has 0 spiro atoms. The molecule has 1 aliphatic heterocycles. The molecule has 0 N–H and O–H groups in total. The summed E-state index contributed by atoms with van der Waals surface area (Å²) >= 11 is 3.19. The minimum absolute atomic E-state index is 0.104. The third-order valence-corrected chi connectivity index (χ3v) is 8.35. The van der Waals surface area contributed by atoms with Crippen molar-refractivity contribution in [2.24, 2.45) is 0 Å². The molecule has 0 saturated heterocycles. The van der Waals surface area contributed by atoms with Gasteiger partial charge in [-0.2, -0.15) is 0 Å². The van der Waals surface area contributed by atoms with Gasteiger partial charge in [-0.05, 0) is 12.1 Å². The van der Waals surface area contributed by atoms with Crippen LogP contribution in [0.3, 0.4) is 0 Å². The quantitative estimate of drug-likeness (QED) is 0.707. The Balaban J connectivity index is 2.41. The molecular formula is C12H9BrO4S2. The molecule has 1 aliphatic carbocycles. The summed E-state index contributed by atoms with van der Waals surface area (Å²) in [6.45, 7) is 0. The molecule has 2 unspecified atom stereocenters. The molecule has 100 valence electrons. The van der Waals surface area contributed by atoms with Crippen molar-refractivity contribution in [3.63, 3.8) is 0 Å². The van der Waals surface area contributed by atoms with E-state index in [-0.39, 0.29) is 9.79 Å². The summed E-state index contributed by atoms with van der Waals surface area (Å²) in [5.41, 5.74) is 0. The molecule has 1 heterocycles. The molecule has 1 aromatic carbocycles. The van der Waals surface area contributed by atoms with Crippen LogP contribution in [-0.4, -0.2) is 27.3 Å². The zero-order valence-corrected chi connectivity index (χ0v) is 12.7. The highest BCUT2D eigenvalue weighted by atomic mass is 79.9. The maximum Gasteiger partial charge on any atom is 0.187 e. The second-order valence-corrected chi connectivity index (χ2v) is 9.44. The third kappa shape index (κ3) is 1.75. The van der Waals surface area contributed by atoms with Crippen molar-refractivity contribution >= 4 is 35.6 Å². The standard InChI is InChI=1S/C12H9BrO4S2/c13-8-5-6-11-12(7-8)19(16,17)10-4-2-1-3-9(10)18(11,14)15/h1-7,11-12H. The van der Waals surface area contributed by atoms with Crippen molar-refractivity contribution in [3.8, 4) is 0 Å². The Morgan fingerprint density at radius 1 is 0.895 bits per heavy atom. The van der Waals surface area contributed by atoms with Crippen LogP contribution in [0.1, 0.15) is 0 Å². The van der Waals surface area contributed by atoms with Gasteiger partial charge in [-0.25, -0.2) is 16.8 Å². The van der Waals surface area contributed by atoms with Gasteiger partial charge in [0.25, 0.3) is 0 Å². The van der Waals surface area contributed by atoms with Gasteiger partial charge in [0, 0.05) is 4.48 Å². The second kappa shape index (κ2) is 4.04. The van der Waals surface area contributed by atoms with Gasteiger partial charge in [-0.1, -0.05) is 46.3 Å². The molecule has 0 saturated carbocycles. The average Bonchev–Trinajstić information content (AvgIpc) is 2.37. The van der Waals surface area contributed by atoms with Crippen LogP contribution in [0.2, 0.25) is 0 Å². The van der Waals surface area contributed by atoms with E-state index in [2.05, 4.69) is 15.9 Å². The number of allylic oxidation sites excluding steroid dienone is 2. The minimum Gasteiger partial charge on any atom is -0.223 e. The number of rotatable bonds is 0. The topological polar surface area (TPSA) is 68.3 Å². The third-order valence-electron chi connectivity index (χ3n) is 3.27. The van der Waals surface area contributed by atoms with E-state index in [1.54, 1.807) is 6.08 Å². The predicted octanol–water partition coefficient (Wildman–Crippen LogP) is 1.83. The highest BCUT2D eigenvalue weighted by molar-refractivity contribution is 9.11. The van der Waals surface area contributed by atoms with Crippen molar-refractivity contribution in [2.45, 2.75) is 20.3 Å². The number of benzene rings is 1. The van der Waals surface area contributed by atoms with Gasteiger partial charge in [0.2, 0.25) is 0 Å². The van der Waals surface area contributed by atoms with Crippen LogP contribution in [0, 0.1) is 0 Å². The van der Waals surface area contributed by atoms with E-state index in [0.29, 0.717) is 4.48 Å². The maximum absolute atomic E-state index is 12.5. The molecule has 2 atom stereocenters. The first-order valence-corrected chi connectivity index (χ1v) is 9.36. The van der Waals surface area contributed by atoms with E-state index >= 15 is 0 Å². The maximum atomic E-state index is 12.5. The minimum atomic E-state index is -3.68. The lowest BCUT2D eigenvalue weighted by molar-refractivity contribution is 0.559. The molecule has 19 heavy (non-hydrogen) atoms. The van der Waals surface area contributed by atoms with Gasteiger partial charge >= 0.3 is 0 Å². The summed E-state index contributed by atoms with van der Waals surface area (Å²) in [4.78, 5) is -0.213. The number of hydrogen-bond donors (Lipinski definition) is 0. The summed E-state index contributed by atoms with van der Waals surface area (Å²) < 4.78 is 50.5. The fourth-order valence-corrected chi connectivity index (χ4v) is 7.86. The Kier molecular flexibility index (Phi) is 2.78. The largest absolute Gasteiger partial charge is 0.223 e. The molecule has 4 nitrogen and oxygen atoms in total. The number of halogens is 1. The molecule has 2 aliphatic rings. The van der Waals surface area contributed by atoms with E-state index in [0.717, 1.165) is 0 Å². The van der Waals surface area contributed by atoms with E-state index in [1.807, 2.05) is 0 Å². The fraction of sp³-hybridized carbons (Fsp3) is 0.167. The molecule has 0 fully saturated rings. The lowest BCUT2D eigenvalue weighted by Gasteiger charge is -2.30. The lowest BCUT2D eigenvalue weighted by atomic mass is 10.2. The van der Waals surface area contributed by atoms with Crippen molar-refractivity contribution < 1.29 is 16.8 Å². The Morgan fingerprint density at radius 2 is 1.42 bits per heavy atom. The van der Waals surface area contributed by atoms with Crippen molar-refractivity contribution in [2.75, 3.05) is 0 Å². The fourth-order valence-electron chi connectivity index (χ4n) is 2.36. The number of fused-ring (bicyclic) bond motifs is 2. The van der Waals surface area contributed by atoms with Crippen LogP contribution in [-0.2, 0) is 19.7 Å². The van der Waals surface area contributed by atoms with Crippen LogP contribution >= 0.6 is 15.9 Å². The Hall–Kier alpha value is -0.920. The normalized spacial score (nSPS) is 30.1. The van der Waals surface area contributed by atoms with Crippen LogP contribution in [0.5, 0.6) is 0 Å². The summed E-state index contributed by atoms with van der Waals surface area (Å²) in [5.74, 6) is 0. The molecule has 0 amide bonds. The highest BCUT2D eigenvalue weighted by Gasteiger charge is 2.48. The van der Waals surface area contributed by atoms with E-state index in [4.69, 9.17) is 0 Å². The Labute approximate surface area is 119 Å². The van der Waals surface area contributed by atoms with Gasteiger partial charge in [-0.3, -0.25) is 0 Å². The van der Waals surface area contributed by atoms with Crippen molar-refractivity contribution in [1.29, 1.82) is 0 Å². The number of hydrogen-bond acceptors (Lipinski definition) is 4. The van der Waals surface area contributed by atoms with Crippen LogP contribution in [0.4, 0.5) is 0 Å². The molecule has 0 aromatic heterocycles. The first-order chi connectivity index (χ1) is 8.85. The van der Waals surface area contributed by atoms with Crippen molar-refractivity contribution in [1.82, 2.24) is 0 Å². The molecule has 0 radical (unpaired) electrons. The van der Waals surface area contributed by atoms with Gasteiger partial charge in [0.1, 0.15) is 10.5 Å². The van der Waals surface area contributed by atoms with E-state index < -0.39 is 30.2 Å². The smallest absolute Gasteiger partial charge is 0.187 e. The van der Waals surface area contributed by atoms with Crippen molar-refractivity contribution in [3.05, 3.63) is 47.0 Å². The summed E-state index contributed by atoms with van der Waals surface area (Å²) in [7, 11) is -7.35. The van der Waals surface area contributed by atoms with Gasteiger partial charge < -0.3 is 0 Å². The first-order valence-electron chi connectivity index (χ1n) is 5.47. The summed E-state index contributed by atoms with van der Waals surface area (Å²) in [6.07, 6.45) is 4.44. The molecular weight excluding hydrogens is 352 g/mol. The van der Waals surface area contributed by atoms with Gasteiger partial charge in [-0.15, -0.1) is 0 Å². The predicted molar refractivity (Wildman–Crippen MR) is 74.5 cm³/mol. The van der Waals surface area contributed by atoms with Crippen LogP contribution < -0.4 is 0 Å². The van der Waals surface area contributed by atoms with Gasteiger partial charge in [0.05, 0.1) is 9.79 Å². The monoisotopic (exact) mass is 360 g/mol. The average molecular weight is 361 g/mol. The van der Waals surface area contributed by atoms with E-state index in [9.17, 15) is 16.8 Å². The summed E-state index contributed by atoms with van der Waals surface area (Å²) in [6, 6.07) is 5.76. The number of sulfone groups is 2. The second-order valence-electron chi connectivity index (χ2n) is 4.38.